The van der Waals surface area contributed by atoms with Crippen LogP contribution in [0.15, 0.2) is 0 Å². The Balaban J connectivity index is 1.60. The molecule has 7 nitrogen and oxygen atoms in total. The average molecular weight is 306 g/mol. The summed E-state index contributed by atoms with van der Waals surface area (Å²) in [6, 6.07) is 0.390. The van der Waals surface area contributed by atoms with Crippen molar-refractivity contribution < 1.29 is 4.74 Å². The Kier molecular flexibility index (Phi) is 4.82. The van der Waals surface area contributed by atoms with Gasteiger partial charge in [0.15, 0.2) is 11.6 Å². The molecule has 0 saturated carbocycles. The van der Waals surface area contributed by atoms with Crippen LogP contribution in [0.25, 0.3) is 0 Å². The molecule has 1 saturated heterocycles. The Morgan fingerprint density at radius 2 is 2.09 bits per heavy atom. The first-order chi connectivity index (χ1) is 10.8. The summed E-state index contributed by atoms with van der Waals surface area (Å²) in [6.45, 7) is 8.14. The molecule has 2 aliphatic heterocycles. The largest absolute Gasteiger partial charge is 0.463 e. The number of fused-ring (bicyclic) bond motifs is 1. The summed E-state index contributed by atoms with van der Waals surface area (Å²) in [5, 5.41) is 3.29. The van der Waals surface area contributed by atoms with E-state index in [1.54, 1.807) is 0 Å². The van der Waals surface area contributed by atoms with E-state index in [9.17, 15) is 0 Å². The zero-order valence-corrected chi connectivity index (χ0v) is 13.3. The third-order valence-corrected chi connectivity index (χ3v) is 4.22. The number of anilines is 3. The van der Waals surface area contributed by atoms with Gasteiger partial charge in [-0.15, -0.1) is 0 Å². The lowest BCUT2D eigenvalue weighted by atomic mass is 10.2. The van der Waals surface area contributed by atoms with Crippen LogP contribution in [0.4, 0.5) is 17.3 Å². The lowest BCUT2D eigenvalue weighted by Gasteiger charge is -2.31. The highest BCUT2D eigenvalue weighted by Crippen LogP contribution is 2.34. The van der Waals surface area contributed by atoms with Gasteiger partial charge in [0, 0.05) is 6.54 Å². The summed E-state index contributed by atoms with van der Waals surface area (Å²) >= 11 is 0. The molecule has 3 rings (SSSR count). The van der Waals surface area contributed by atoms with Gasteiger partial charge in [-0.25, -0.2) is 0 Å². The molecular weight excluding hydrogens is 280 g/mol. The standard InChI is InChI=1S/C15H26N6O/c1-2-3-10-22-15-18-13(16)12-14(19-15)21(11-17-12)9-5-8-20-6-4-7-20/h17H,2-11H2,1H3,(H2,16,18,19). The number of nitrogens with one attached hydrogen (secondary N) is 1. The van der Waals surface area contributed by atoms with Gasteiger partial charge < -0.3 is 25.6 Å². The number of ether oxygens (including phenoxy) is 1. The first-order valence-electron chi connectivity index (χ1n) is 8.29. The molecule has 3 heterocycles. The molecule has 3 N–H and O–H groups in total. The zero-order chi connectivity index (χ0) is 15.4. The first-order valence-corrected chi connectivity index (χ1v) is 8.29. The van der Waals surface area contributed by atoms with Crippen molar-refractivity contribution in [2.45, 2.75) is 32.6 Å². The van der Waals surface area contributed by atoms with E-state index in [1.807, 2.05) is 0 Å². The van der Waals surface area contributed by atoms with E-state index in [-0.39, 0.29) is 0 Å². The second-order valence-electron chi connectivity index (χ2n) is 5.94. The van der Waals surface area contributed by atoms with Gasteiger partial charge in [-0.2, -0.15) is 9.97 Å². The molecule has 1 fully saturated rings. The summed E-state index contributed by atoms with van der Waals surface area (Å²) in [7, 11) is 0. The van der Waals surface area contributed by atoms with E-state index >= 15 is 0 Å². The van der Waals surface area contributed by atoms with Crippen LogP contribution in [0.3, 0.4) is 0 Å². The summed E-state index contributed by atoms with van der Waals surface area (Å²) in [6.07, 6.45) is 4.57. The van der Waals surface area contributed by atoms with Crippen LogP contribution < -0.4 is 20.7 Å². The van der Waals surface area contributed by atoms with Crippen LogP contribution >= 0.6 is 0 Å². The molecule has 2 aliphatic rings. The third-order valence-electron chi connectivity index (χ3n) is 4.22. The maximum Gasteiger partial charge on any atom is 0.320 e. The van der Waals surface area contributed by atoms with Gasteiger partial charge in [-0.3, -0.25) is 0 Å². The first kappa shape index (κ1) is 15.1. The van der Waals surface area contributed by atoms with Crippen molar-refractivity contribution in [1.29, 1.82) is 0 Å². The molecule has 0 aliphatic carbocycles. The maximum atomic E-state index is 6.02. The van der Waals surface area contributed by atoms with Gasteiger partial charge in [0.05, 0.1) is 13.3 Å². The Bertz CT molecular complexity index is 505. The molecule has 0 unspecified atom stereocenters. The van der Waals surface area contributed by atoms with Crippen molar-refractivity contribution in [2.24, 2.45) is 0 Å². The predicted molar refractivity (Wildman–Crippen MR) is 88.4 cm³/mol. The summed E-state index contributed by atoms with van der Waals surface area (Å²) in [5.74, 6) is 1.35. The fourth-order valence-corrected chi connectivity index (χ4v) is 2.74. The Hall–Kier alpha value is -1.76. The molecule has 0 amide bonds. The summed E-state index contributed by atoms with van der Waals surface area (Å²) < 4.78 is 5.61. The molecular formula is C15H26N6O. The fraction of sp³-hybridized carbons (Fsp3) is 0.733. The molecule has 0 aromatic carbocycles. The van der Waals surface area contributed by atoms with E-state index in [0.29, 0.717) is 18.4 Å². The number of likely N-dealkylation sites (tertiary alicyclic amines) is 1. The van der Waals surface area contributed by atoms with Crippen LogP contribution in [-0.2, 0) is 0 Å². The molecule has 0 radical (unpaired) electrons. The van der Waals surface area contributed by atoms with Gasteiger partial charge in [0.2, 0.25) is 0 Å². The minimum absolute atomic E-state index is 0.390. The number of nitrogens with zero attached hydrogens (tertiary/aromatic N) is 4. The van der Waals surface area contributed by atoms with E-state index in [2.05, 4.69) is 32.0 Å². The third kappa shape index (κ3) is 3.35. The highest BCUT2D eigenvalue weighted by Gasteiger charge is 2.25. The Morgan fingerprint density at radius 3 is 2.82 bits per heavy atom. The second kappa shape index (κ2) is 7.00. The number of unbranched alkanes of at least 4 members (excludes halogenated alkanes) is 1. The number of hydrogen-bond acceptors (Lipinski definition) is 7. The van der Waals surface area contributed by atoms with Crippen LogP contribution in [0.5, 0.6) is 6.01 Å². The average Bonchev–Trinajstić information content (AvgIpc) is 2.86. The highest BCUT2D eigenvalue weighted by molar-refractivity contribution is 5.80. The normalized spacial score (nSPS) is 17.0. The van der Waals surface area contributed by atoms with E-state index in [4.69, 9.17) is 10.5 Å². The van der Waals surface area contributed by atoms with Crippen LogP contribution in [0.1, 0.15) is 32.6 Å². The highest BCUT2D eigenvalue weighted by atomic mass is 16.5. The monoisotopic (exact) mass is 306 g/mol. The second-order valence-corrected chi connectivity index (χ2v) is 5.94. The molecule has 0 atom stereocenters. The molecule has 1 aromatic heterocycles. The molecule has 0 bridgehead atoms. The lowest BCUT2D eigenvalue weighted by Crippen LogP contribution is -2.39. The van der Waals surface area contributed by atoms with Crippen molar-refractivity contribution in [3.63, 3.8) is 0 Å². The van der Waals surface area contributed by atoms with Crippen molar-refractivity contribution in [1.82, 2.24) is 14.9 Å². The van der Waals surface area contributed by atoms with Gasteiger partial charge in [0.25, 0.3) is 0 Å². The summed E-state index contributed by atoms with van der Waals surface area (Å²) in [4.78, 5) is 13.5. The SMILES string of the molecule is CCCCOc1nc(N)c2c(n1)N(CCCN1CCC1)CN2. The number of rotatable bonds is 8. The molecule has 22 heavy (non-hydrogen) atoms. The van der Waals surface area contributed by atoms with Gasteiger partial charge in [0.1, 0.15) is 5.69 Å². The fourth-order valence-electron chi connectivity index (χ4n) is 2.74. The van der Waals surface area contributed by atoms with Crippen LogP contribution in [-0.4, -0.2) is 54.3 Å². The lowest BCUT2D eigenvalue weighted by molar-refractivity contribution is 0.180. The molecule has 1 aromatic rings. The van der Waals surface area contributed by atoms with Crippen molar-refractivity contribution in [3.05, 3.63) is 0 Å². The van der Waals surface area contributed by atoms with Crippen molar-refractivity contribution in [2.75, 3.05) is 55.4 Å². The molecule has 122 valence electrons. The van der Waals surface area contributed by atoms with Crippen LogP contribution in [0.2, 0.25) is 0 Å². The Morgan fingerprint density at radius 1 is 1.23 bits per heavy atom. The zero-order valence-electron chi connectivity index (χ0n) is 13.3. The number of nitrogen functional groups attached to an aromatic ring is 1. The van der Waals surface area contributed by atoms with E-state index < -0.39 is 0 Å². The van der Waals surface area contributed by atoms with E-state index in [0.717, 1.165) is 50.5 Å². The molecule has 0 spiro atoms. The van der Waals surface area contributed by atoms with Gasteiger partial charge in [-0.05, 0) is 38.9 Å². The Labute approximate surface area is 131 Å². The summed E-state index contributed by atoms with van der Waals surface area (Å²) in [5.41, 5.74) is 6.86. The van der Waals surface area contributed by atoms with Crippen LogP contribution in [0, 0.1) is 0 Å². The smallest absolute Gasteiger partial charge is 0.320 e. The van der Waals surface area contributed by atoms with E-state index in [1.165, 1.54) is 19.5 Å². The number of hydrogen-bond donors (Lipinski definition) is 2. The van der Waals surface area contributed by atoms with Gasteiger partial charge in [-0.1, -0.05) is 13.3 Å². The van der Waals surface area contributed by atoms with Crippen molar-refractivity contribution in [3.8, 4) is 6.01 Å². The number of nitrogens with two attached hydrogens (primary N) is 1. The minimum Gasteiger partial charge on any atom is -0.463 e. The number of aromatic nitrogens is 2. The van der Waals surface area contributed by atoms with Gasteiger partial charge >= 0.3 is 6.01 Å². The van der Waals surface area contributed by atoms with Crippen molar-refractivity contribution >= 4 is 17.3 Å². The molecule has 7 heteroatoms. The maximum absolute atomic E-state index is 6.02. The quantitative estimate of drug-likeness (QED) is 0.705. The minimum atomic E-state index is 0.390. The predicted octanol–water partition coefficient (Wildman–Crippen LogP) is 1.52. The topological polar surface area (TPSA) is 79.5 Å².